The number of hydrogen-bond acceptors (Lipinski definition) is 5. The molecule has 0 saturated heterocycles. The Morgan fingerprint density at radius 1 is 1.00 bits per heavy atom. The van der Waals surface area contributed by atoms with Crippen molar-refractivity contribution in [3.63, 3.8) is 0 Å². The van der Waals surface area contributed by atoms with Crippen LogP contribution in [0.2, 0.25) is 0 Å². The summed E-state index contributed by atoms with van der Waals surface area (Å²) >= 11 is 0. The predicted molar refractivity (Wildman–Crippen MR) is 102 cm³/mol. The van der Waals surface area contributed by atoms with E-state index in [2.05, 4.69) is 10.0 Å². The molecule has 0 saturated carbocycles. The highest BCUT2D eigenvalue weighted by Crippen LogP contribution is 2.28. The average Bonchev–Trinajstić information content (AvgIpc) is 2.95. The minimum absolute atomic E-state index is 0.00183. The van der Waals surface area contributed by atoms with E-state index >= 15 is 0 Å². The van der Waals surface area contributed by atoms with Gasteiger partial charge in [-0.2, -0.15) is 0 Å². The first-order valence-electron chi connectivity index (χ1n) is 7.99. The molecule has 0 bridgehead atoms. The van der Waals surface area contributed by atoms with E-state index in [4.69, 9.17) is 0 Å². The van der Waals surface area contributed by atoms with Gasteiger partial charge in [-0.3, -0.25) is 9.52 Å². The van der Waals surface area contributed by atoms with Crippen LogP contribution in [0.3, 0.4) is 0 Å². The van der Waals surface area contributed by atoms with Gasteiger partial charge in [-0.1, -0.05) is 6.07 Å². The van der Waals surface area contributed by atoms with Gasteiger partial charge in [0.25, 0.3) is 10.0 Å². The Balaban J connectivity index is 1.97. The molecule has 1 aliphatic heterocycles. The van der Waals surface area contributed by atoms with Gasteiger partial charge >= 0.3 is 0 Å². The van der Waals surface area contributed by atoms with Gasteiger partial charge in [0.05, 0.1) is 21.9 Å². The molecule has 0 aliphatic carbocycles. The van der Waals surface area contributed by atoms with Crippen molar-refractivity contribution < 1.29 is 21.6 Å². The molecule has 144 valence electrons. The van der Waals surface area contributed by atoms with E-state index in [1.54, 1.807) is 13.0 Å². The van der Waals surface area contributed by atoms with Crippen LogP contribution in [0.25, 0.3) is 0 Å². The lowest BCUT2D eigenvalue weighted by Crippen LogP contribution is -2.22. The number of nitrogens with zero attached hydrogens (tertiary/aromatic N) is 1. The lowest BCUT2D eigenvalue weighted by molar-refractivity contribution is -0.115. The van der Waals surface area contributed by atoms with Crippen LogP contribution in [0.5, 0.6) is 0 Å². The predicted octanol–water partition coefficient (Wildman–Crippen LogP) is 1.54. The number of anilines is 2. The summed E-state index contributed by atoms with van der Waals surface area (Å²) in [6.45, 7) is 1.68. The molecule has 0 unspecified atom stereocenters. The molecule has 10 heteroatoms. The molecular formula is C17H19N3O5S2. The summed E-state index contributed by atoms with van der Waals surface area (Å²) in [6, 6.07) is 8.62. The van der Waals surface area contributed by atoms with E-state index in [-0.39, 0.29) is 27.8 Å². The van der Waals surface area contributed by atoms with Gasteiger partial charge in [0.2, 0.25) is 15.9 Å². The summed E-state index contributed by atoms with van der Waals surface area (Å²) in [5.41, 5.74) is 1.94. The van der Waals surface area contributed by atoms with E-state index in [1.807, 2.05) is 0 Å². The molecule has 2 aromatic carbocycles. The highest BCUT2D eigenvalue weighted by atomic mass is 32.2. The Labute approximate surface area is 158 Å². The van der Waals surface area contributed by atoms with E-state index in [0.29, 0.717) is 16.8 Å². The van der Waals surface area contributed by atoms with Crippen molar-refractivity contribution in [3.05, 3.63) is 47.5 Å². The summed E-state index contributed by atoms with van der Waals surface area (Å²) in [7, 11) is -4.85. The monoisotopic (exact) mass is 409 g/mol. The Bertz CT molecular complexity index is 1140. The summed E-state index contributed by atoms with van der Waals surface area (Å²) in [6.07, 6.45) is 0.119. The van der Waals surface area contributed by atoms with Crippen LogP contribution < -0.4 is 10.0 Å². The van der Waals surface area contributed by atoms with Gasteiger partial charge in [0.15, 0.2) is 0 Å². The largest absolute Gasteiger partial charge is 0.326 e. The molecule has 2 N–H and O–H groups in total. The van der Waals surface area contributed by atoms with Crippen LogP contribution in [0.15, 0.2) is 46.2 Å². The van der Waals surface area contributed by atoms with Crippen molar-refractivity contribution in [2.75, 3.05) is 24.1 Å². The number of aryl methyl sites for hydroxylation is 1. The number of benzene rings is 2. The molecule has 1 aliphatic rings. The second-order valence-electron chi connectivity index (χ2n) is 6.41. The smallest absolute Gasteiger partial charge is 0.261 e. The van der Waals surface area contributed by atoms with Crippen LogP contribution >= 0.6 is 0 Å². The second kappa shape index (κ2) is 6.63. The Morgan fingerprint density at radius 3 is 2.33 bits per heavy atom. The van der Waals surface area contributed by atoms with E-state index in [9.17, 15) is 21.6 Å². The zero-order chi connectivity index (χ0) is 20.0. The van der Waals surface area contributed by atoms with Gasteiger partial charge in [0.1, 0.15) is 0 Å². The van der Waals surface area contributed by atoms with Crippen molar-refractivity contribution in [1.29, 1.82) is 0 Å². The zero-order valence-electron chi connectivity index (χ0n) is 15.0. The Hall–Kier alpha value is -2.43. The molecule has 8 nitrogen and oxygen atoms in total. The number of fused-ring (bicyclic) bond motifs is 1. The number of sulfonamides is 2. The van der Waals surface area contributed by atoms with Crippen LogP contribution in [0.4, 0.5) is 11.4 Å². The molecular weight excluding hydrogens is 390 g/mol. The Kier molecular flexibility index (Phi) is 4.74. The highest BCUT2D eigenvalue weighted by molar-refractivity contribution is 7.92. The molecule has 2 aromatic rings. The molecule has 0 aromatic heterocycles. The van der Waals surface area contributed by atoms with Gasteiger partial charge in [0, 0.05) is 19.8 Å². The van der Waals surface area contributed by atoms with Crippen LogP contribution in [-0.2, 0) is 31.3 Å². The number of carbonyl (C=O) groups is 1. The first-order chi connectivity index (χ1) is 12.5. The molecule has 0 radical (unpaired) electrons. The number of carbonyl (C=O) groups excluding carboxylic acids is 1. The minimum Gasteiger partial charge on any atom is -0.326 e. The van der Waals surface area contributed by atoms with Crippen molar-refractivity contribution in [2.24, 2.45) is 0 Å². The fourth-order valence-corrected chi connectivity index (χ4v) is 4.76. The van der Waals surface area contributed by atoms with Crippen LogP contribution in [0, 0.1) is 6.92 Å². The molecule has 3 rings (SSSR count). The van der Waals surface area contributed by atoms with Crippen molar-refractivity contribution in [3.8, 4) is 0 Å². The van der Waals surface area contributed by atoms with Gasteiger partial charge in [-0.25, -0.2) is 21.1 Å². The first kappa shape index (κ1) is 19.3. The van der Waals surface area contributed by atoms with Gasteiger partial charge in [-0.15, -0.1) is 0 Å². The van der Waals surface area contributed by atoms with Crippen molar-refractivity contribution >= 4 is 37.3 Å². The van der Waals surface area contributed by atoms with Crippen molar-refractivity contribution in [2.45, 2.75) is 23.1 Å². The maximum atomic E-state index is 12.8. The Morgan fingerprint density at radius 2 is 1.67 bits per heavy atom. The van der Waals surface area contributed by atoms with E-state index in [1.165, 1.54) is 44.4 Å². The third-order valence-electron chi connectivity index (χ3n) is 4.24. The molecule has 0 fully saturated rings. The molecule has 1 amide bonds. The number of amides is 1. The summed E-state index contributed by atoms with van der Waals surface area (Å²) < 4.78 is 53.6. The normalized spacial score (nSPS) is 14.1. The van der Waals surface area contributed by atoms with Crippen molar-refractivity contribution in [1.82, 2.24) is 4.31 Å². The van der Waals surface area contributed by atoms with E-state index < -0.39 is 20.0 Å². The van der Waals surface area contributed by atoms with Crippen LogP contribution in [-0.4, -0.2) is 41.1 Å². The van der Waals surface area contributed by atoms with Crippen LogP contribution in [0.1, 0.15) is 11.1 Å². The summed E-state index contributed by atoms with van der Waals surface area (Å²) in [5, 5.41) is 2.64. The lowest BCUT2D eigenvalue weighted by atomic mass is 10.2. The SMILES string of the molecule is Cc1ccc(S(=O)(=O)N(C)C)cc1NS(=O)(=O)c1ccc2c(c1)CC(=O)N2. The molecule has 27 heavy (non-hydrogen) atoms. The standard InChI is InChI=1S/C17H19N3O5S2/c1-11-4-5-14(27(24,25)20(2)3)10-16(11)19-26(22,23)13-6-7-15-12(8-13)9-17(21)18-15/h4-8,10,19H,9H2,1-3H3,(H,18,21). The fourth-order valence-electron chi connectivity index (χ4n) is 2.66. The average molecular weight is 409 g/mol. The molecule has 0 atom stereocenters. The topological polar surface area (TPSA) is 113 Å². The minimum atomic E-state index is -3.95. The quantitative estimate of drug-likeness (QED) is 0.778. The highest BCUT2D eigenvalue weighted by Gasteiger charge is 2.23. The number of hydrogen-bond donors (Lipinski definition) is 2. The molecule has 1 heterocycles. The van der Waals surface area contributed by atoms with Gasteiger partial charge in [-0.05, 0) is 48.4 Å². The summed E-state index contributed by atoms with van der Waals surface area (Å²) in [5.74, 6) is -0.190. The first-order valence-corrected chi connectivity index (χ1v) is 10.9. The summed E-state index contributed by atoms with van der Waals surface area (Å²) in [4.78, 5) is 11.4. The van der Waals surface area contributed by atoms with Gasteiger partial charge < -0.3 is 5.32 Å². The van der Waals surface area contributed by atoms with E-state index in [0.717, 1.165) is 4.31 Å². The number of rotatable bonds is 5. The second-order valence-corrected chi connectivity index (χ2v) is 10.2. The maximum absolute atomic E-state index is 12.8. The number of nitrogens with one attached hydrogen (secondary N) is 2. The molecule has 0 spiro atoms. The zero-order valence-corrected chi connectivity index (χ0v) is 16.6. The maximum Gasteiger partial charge on any atom is 0.261 e. The lowest BCUT2D eigenvalue weighted by Gasteiger charge is -2.15. The third-order valence-corrected chi connectivity index (χ3v) is 7.42. The fraction of sp³-hybridized carbons (Fsp3) is 0.235. The third kappa shape index (κ3) is 3.68.